The summed E-state index contributed by atoms with van der Waals surface area (Å²) in [6.07, 6.45) is 2.75. The fraction of sp³-hybridized carbons (Fsp3) is 0.263. The Hall–Kier alpha value is -2.91. The molecule has 0 spiro atoms. The molecule has 2 heterocycles. The Bertz CT molecular complexity index is 1110. The Morgan fingerprint density at radius 1 is 1.29 bits per heavy atom. The molecule has 0 bridgehead atoms. The number of fused-ring (bicyclic) bond motifs is 1. The number of aromatic amines is 1. The van der Waals surface area contributed by atoms with Crippen LogP contribution in [0.2, 0.25) is 0 Å². The lowest BCUT2D eigenvalue weighted by Crippen LogP contribution is -2.29. The minimum Gasteiger partial charge on any atom is -0.358 e. The first kappa shape index (κ1) is 19.8. The van der Waals surface area contributed by atoms with Crippen LogP contribution in [0.3, 0.4) is 0 Å². The minimum atomic E-state index is -3.41. The molecule has 5 N–H and O–H groups in total. The molecule has 0 fully saturated rings. The van der Waals surface area contributed by atoms with Crippen molar-refractivity contribution in [2.24, 2.45) is 5.73 Å². The number of amides is 2. The number of rotatable bonds is 5. The zero-order chi connectivity index (χ0) is 20.6. The fourth-order valence-corrected chi connectivity index (χ4v) is 3.87. The predicted octanol–water partition coefficient (Wildman–Crippen LogP) is 1.22. The summed E-state index contributed by atoms with van der Waals surface area (Å²) < 4.78 is 23.7. The number of nitrogens with one attached hydrogen (secondary N) is 3. The van der Waals surface area contributed by atoms with Crippen LogP contribution in [0.1, 0.15) is 32.9 Å². The van der Waals surface area contributed by atoms with Crippen LogP contribution in [-0.4, -0.2) is 44.6 Å². The van der Waals surface area contributed by atoms with E-state index in [9.17, 15) is 18.0 Å². The van der Waals surface area contributed by atoms with Crippen molar-refractivity contribution in [3.63, 3.8) is 0 Å². The van der Waals surface area contributed by atoms with Crippen LogP contribution >= 0.6 is 0 Å². The van der Waals surface area contributed by atoms with Crippen LogP contribution in [0, 0.1) is 13.8 Å². The molecule has 3 rings (SSSR count). The molecular formula is C19H22N4O4S. The molecule has 1 aromatic carbocycles. The average molecular weight is 402 g/mol. The van der Waals surface area contributed by atoms with Gasteiger partial charge < -0.3 is 21.4 Å². The second-order valence-corrected chi connectivity index (χ2v) is 8.72. The molecule has 0 saturated carbocycles. The maximum atomic E-state index is 12.4. The summed E-state index contributed by atoms with van der Waals surface area (Å²) in [5, 5.41) is 5.46. The van der Waals surface area contributed by atoms with Gasteiger partial charge >= 0.3 is 0 Å². The highest BCUT2D eigenvalue weighted by molar-refractivity contribution is 7.90. The monoisotopic (exact) mass is 402 g/mol. The Morgan fingerprint density at radius 2 is 2.00 bits per heavy atom. The number of H-pyrrole nitrogens is 1. The van der Waals surface area contributed by atoms with E-state index in [1.807, 2.05) is 0 Å². The lowest BCUT2D eigenvalue weighted by atomic mass is 10.0. The lowest BCUT2D eigenvalue weighted by Gasteiger charge is -2.04. The minimum absolute atomic E-state index is 0.134. The molecule has 0 unspecified atom stereocenters. The van der Waals surface area contributed by atoms with Gasteiger partial charge in [-0.15, -0.1) is 0 Å². The normalized spacial score (nSPS) is 14.9. The van der Waals surface area contributed by atoms with Gasteiger partial charge in [-0.2, -0.15) is 0 Å². The third-order valence-electron chi connectivity index (χ3n) is 4.62. The quantitative estimate of drug-likeness (QED) is 0.558. The van der Waals surface area contributed by atoms with Crippen LogP contribution < -0.4 is 16.4 Å². The largest absolute Gasteiger partial charge is 0.358 e. The summed E-state index contributed by atoms with van der Waals surface area (Å²) in [6, 6.07) is 4.51. The standard InChI is InChI=1S/C19H22N4O4S/c1-10-16(22-11(2)17(10)19(25)21-7-6-20)9-14-13-8-12(28(3,26)27)4-5-15(13)23-18(14)24/h4-5,8-9,22H,6-7,20H2,1-3H3,(H,21,25)(H,23,24)/b14-9-. The molecule has 0 radical (unpaired) electrons. The smallest absolute Gasteiger partial charge is 0.256 e. The number of sulfone groups is 1. The van der Waals surface area contributed by atoms with Gasteiger partial charge in [-0.05, 0) is 43.7 Å². The number of benzene rings is 1. The van der Waals surface area contributed by atoms with Gasteiger partial charge in [0.15, 0.2) is 9.84 Å². The molecule has 2 aromatic rings. The molecule has 8 nitrogen and oxygen atoms in total. The molecule has 1 aliphatic heterocycles. The highest BCUT2D eigenvalue weighted by Crippen LogP contribution is 2.35. The Balaban J connectivity index is 2.07. The molecule has 1 aliphatic rings. The van der Waals surface area contributed by atoms with E-state index in [-0.39, 0.29) is 16.7 Å². The highest BCUT2D eigenvalue weighted by atomic mass is 32.2. The van der Waals surface area contributed by atoms with Gasteiger partial charge in [0.1, 0.15) is 0 Å². The van der Waals surface area contributed by atoms with Crippen molar-refractivity contribution in [1.29, 1.82) is 0 Å². The third-order valence-corrected chi connectivity index (χ3v) is 5.73. The molecule has 1 aromatic heterocycles. The number of nitrogens with two attached hydrogens (primary N) is 1. The zero-order valence-electron chi connectivity index (χ0n) is 15.8. The van der Waals surface area contributed by atoms with E-state index in [1.54, 1.807) is 26.0 Å². The molecule has 0 atom stereocenters. The second kappa shape index (κ2) is 7.25. The first-order valence-electron chi connectivity index (χ1n) is 8.68. The van der Waals surface area contributed by atoms with E-state index in [0.29, 0.717) is 52.4 Å². The first-order chi connectivity index (χ1) is 13.1. The van der Waals surface area contributed by atoms with Crippen LogP contribution in [0.5, 0.6) is 0 Å². The zero-order valence-corrected chi connectivity index (χ0v) is 16.7. The van der Waals surface area contributed by atoms with Gasteiger partial charge in [0.25, 0.3) is 11.8 Å². The summed E-state index contributed by atoms with van der Waals surface area (Å²) in [7, 11) is -3.41. The summed E-state index contributed by atoms with van der Waals surface area (Å²) >= 11 is 0. The van der Waals surface area contributed by atoms with E-state index in [4.69, 9.17) is 5.73 Å². The average Bonchev–Trinajstić information content (AvgIpc) is 3.08. The van der Waals surface area contributed by atoms with E-state index in [0.717, 1.165) is 6.26 Å². The summed E-state index contributed by atoms with van der Waals surface area (Å²) in [6.45, 7) is 4.26. The second-order valence-electron chi connectivity index (χ2n) is 6.70. The molecule has 0 saturated heterocycles. The number of carbonyl (C=O) groups is 2. The van der Waals surface area contributed by atoms with Crippen LogP contribution in [0.25, 0.3) is 11.6 Å². The maximum absolute atomic E-state index is 12.4. The maximum Gasteiger partial charge on any atom is 0.256 e. The Labute approximate surface area is 163 Å². The predicted molar refractivity (Wildman–Crippen MR) is 108 cm³/mol. The molecule has 28 heavy (non-hydrogen) atoms. The van der Waals surface area contributed by atoms with E-state index in [2.05, 4.69) is 15.6 Å². The Morgan fingerprint density at radius 3 is 2.64 bits per heavy atom. The van der Waals surface area contributed by atoms with Crippen molar-refractivity contribution in [3.05, 3.63) is 46.3 Å². The molecule has 148 valence electrons. The number of aromatic nitrogens is 1. The molecule has 9 heteroatoms. The van der Waals surface area contributed by atoms with Crippen molar-refractivity contribution in [1.82, 2.24) is 10.3 Å². The molecule has 2 amide bonds. The van der Waals surface area contributed by atoms with E-state index in [1.165, 1.54) is 12.1 Å². The van der Waals surface area contributed by atoms with E-state index >= 15 is 0 Å². The molecule has 0 aliphatic carbocycles. The number of carbonyl (C=O) groups excluding carboxylic acids is 2. The van der Waals surface area contributed by atoms with Crippen molar-refractivity contribution in [2.75, 3.05) is 24.7 Å². The van der Waals surface area contributed by atoms with Gasteiger partial charge in [-0.3, -0.25) is 9.59 Å². The van der Waals surface area contributed by atoms with Crippen LogP contribution in [0.4, 0.5) is 5.69 Å². The topological polar surface area (TPSA) is 134 Å². The number of aryl methyl sites for hydroxylation is 1. The van der Waals surface area contributed by atoms with Gasteiger partial charge in [-0.1, -0.05) is 0 Å². The summed E-state index contributed by atoms with van der Waals surface area (Å²) in [5.41, 5.74) is 9.29. The third kappa shape index (κ3) is 3.58. The lowest BCUT2D eigenvalue weighted by molar-refractivity contribution is -0.110. The van der Waals surface area contributed by atoms with Crippen molar-refractivity contribution >= 4 is 39.0 Å². The first-order valence-corrected chi connectivity index (χ1v) is 10.6. The van der Waals surface area contributed by atoms with Gasteiger partial charge in [-0.25, -0.2) is 8.42 Å². The number of anilines is 1. The van der Waals surface area contributed by atoms with Crippen LogP contribution in [-0.2, 0) is 14.6 Å². The van der Waals surface area contributed by atoms with Crippen molar-refractivity contribution in [2.45, 2.75) is 18.7 Å². The van der Waals surface area contributed by atoms with Crippen molar-refractivity contribution < 1.29 is 18.0 Å². The highest BCUT2D eigenvalue weighted by Gasteiger charge is 2.27. The van der Waals surface area contributed by atoms with Crippen LogP contribution in [0.15, 0.2) is 23.1 Å². The van der Waals surface area contributed by atoms with E-state index < -0.39 is 9.84 Å². The van der Waals surface area contributed by atoms with Crippen molar-refractivity contribution in [3.8, 4) is 0 Å². The fourth-order valence-electron chi connectivity index (χ4n) is 3.22. The number of hydrogen-bond donors (Lipinski definition) is 4. The Kier molecular flexibility index (Phi) is 5.14. The van der Waals surface area contributed by atoms with Gasteiger partial charge in [0.2, 0.25) is 0 Å². The van der Waals surface area contributed by atoms with Gasteiger partial charge in [0, 0.05) is 42.0 Å². The summed E-state index contributed by atoms with van der Waals surface area (Å²) in [4.78, 5) is 28.1. The number of hydrogen-bond acceptors (Lipinski definition) is 5. The van der Waals surface area contributed by atoms with Gasteiger partial charge in [0.05, 0.1) is 16.0 Å². The SMILES string of the molecule is Cc1[nH]c(/C=C2\C(=O)Nc3ccc(S(C)(=O)=O)cc32)c(C)c1C(=O)NCCN. The summed E-state index contributed by atoms with van der Waals surface area (Å²) in [5.74, 6) is -0.571. The molecular weight excluding hydrogens is 380 g/mol.